The zero-order chi connectivity index (χ0) is 13.9. The summed E-state index contributed by atoms with van der Waals surface area (Å²) in [4.78, 5) is 3.36. The molecule has 1 N–H and O–H groups in total. The molecule has 0 fully saturated rings. The van der Waals surface area contributed by atoms with E-state index in [1.165, 1.54) is 5.39 Å². The van der Waals surface area contributed by atoms with Crippen molar-refractivity contribution in [2.24, 2.45) is 0 Å². The third-order valence-corrected chi connectivity index (χ3v) is 2.99. The van der Waals surface area contributed by atoms with Gasteiger partial charge >= 0.3 is 0 Å². The van der Waals surface area contributed by atoms with Crippen LogP contribution >= 0.6 is 0 Å². The average molecular weight is 259 g/mol. The van der Waals surface area contributed by atoms with Gasteiger partial charge < -0.3 is 14.2 Å². The number of nitrogens with zero attached hydrogens (tertiary/aromatic N) is 1. The molecule has 0 amide bonds. The standard InChI is InChI=1S/C16H23N2O/c1-5-6-14-11-13-12-15(7-8-16(13)17-14)19-10-9-18(2,3)4/h5-8,11-12,17H,9-10H2,1-4H3/q+1. The van der Waals surface area contributed by atoms with Crippen molar-refractivity contribution >= 4 is 17.0 Å². The summed E-state index contributed by atoms with van der Waals surface area (Å²) in [6, 6.07) is 8.33. The van der Waals surface area contributed by atoms with Crippen molar-refractivity contribution in [3.8, 4) is 5.75 Å². The molecule has 0 atom stereocenters. The van der Waals surface area contributed by atoms with E-state index in [9.17, 15) is 0 Å². The molecule has 0 bridgehead atoms. The summed E-state index contributed by atoms with van der Waals surface area (Å²) in [6.07, 6.45) is 4.10. The van der Waals surface area contributed by atoms with Crippen LogP contribution in [-0.2, 0) is 0 Å². The Morgan fingerprint density at radius 1 is 1.21 bits per heavy atom. The Balaban J connectivity index is 2.08. The molecular formula is C16H23N2O+. The summed E-state index contributed by atoms with van der Waals surface area (Å²) in [6.45, 7) is 3.75. The van der Waals surface area contributed by atoms with Gasteiger partial charge in [-0.1, -0.05) is 6.08 Å². The smallest absolute Gasteiger partial charge is 0.137 e. The SMILES string of the molecule is CC=Cc1cc2cc(OCC[N+](C)(C)C)ccc2[nH]1. The van der Waals surface area contributed by atoms with Gasteiger partial charge in [0.1, 0.15) is 18.9 Å². The van der Waals surface area contributed by atoms with Gasteiger partial charge in [0.15, 0.2) is 0 Å². The molecule has 3 nitrogen and oxygen atoms in total. The van der Waals surface area contributed by atoms with Gasteiger partial charge in [-0.25, -0.2) is 0 Å². The maximum absolute atomic E-state index is 5.81. The molecule has 3 heteroatoms. The number of nitrogens with one attached hydrogen (secondary N) is 1. The van der Waals surface area contributed by atoms with Gasteiger partial charge in [0.2, 0.25) is 0 Å². The number of aromatic nitrogens is 1. The highest BCUT2D eigenvalue weighted by atomic mass is 16.5. The van der Waals surface area contributed by atoms with Crippen LogP contribution in [0, 0.1) is 0 Å². The number of ether oxygens (including phenoxy) is 1. The van der Waals surface area contributed by atoms with Crippen molar-refractivity contribution in [2.75, 3.05) is 34.3 Å². The molecule has 0 spiro atoms. The fourth-order valence-corrected chi connectivity index (χ4v) is 1.93. The quantitative estimate of drug-likeness (QED) is 0.819. The summed E-state index contributed by atoms with van der Waals surface area (Å²) in [7, 11) is 6.51. The predicted molar refractivity (Wildman–Crippen MR) is 81.4 cm³/mol. The third kappa shape index (κ3) is 3.86. The molecule has 0 radical (unpaired) electrons. The lowest BCUT2D eigenvalue weighted by Crippen LogP contribution is -2.38. The van der Waals surface area contributed by atoms with Crippen LogP contribution < -0.4 is 4.74 Å². The fraction of sp³-hybridized carbons (Fsp3) is 0.375. The monoisotopic (exact) mass is 259 g/mol. The van der Waals surface area contributed by atoms with Crippen molar-refractivity contribution in [1.29, 1.82) is 0 Å². The molecule has 19 heavy (non-hydrogen) atoms. The highest BCUT2D eigenvalue weighted by molar-refractivity contribution is 5.83. The first kappa shape index (κ1) is 13.7. The zero-order valence-corrected chi connectivity index (χ0v) is 12.2. The Kier molecular flexibility index (Phi) is 3.96. The number of benzene rings is 1. The van der Waals surface area contributed by atoms with Crippen LogP contribution in [0.1, 0.15) is 12.6 Å². The topological polar surface area (TPSA) is 25.0 Å². The molecule has 0 saturated heterocycles. The first-order chi connectivity index (χ1) is 8.98. The maximum atomic E-state index is 5.81. The van der Waals surface area contributed by atoms with Crippen LogP contribution in [0.15, 0.2) is 30.3 Å². The van der Waals surface area contributed by atoms with Gasteiger partial charge in [-0.3, -0.25) is 0 Å². The second-order valence-corrected chi connectivity index (χ2v) is 5.84. The molecule has 0 saturated carbocycles. The van der Waals surface area contributed by atoms with Gasteiger partial charge in [-0.15, -0.1) is 0 Å². The third-order valence-electron chi connectivity index (χ3n) is 2.99. The van der Waals surface area contributed by atoms with Gasteiger partial charge in [-0.05, 0) is 37.3 Å². The molecule has 2 aromatic rings. The van der Waals surface area contributed by atoms with Gasteiger partial charge in [-0.2, -0.15) is 0 Å². The molecule has 0 aliphatic carbocycles. The van der Waals surface area contributed by atoms with Crippen LogP contribution in [0.5, 0.6) is 5.75 Å². The lowest BCUT2D eigenvalue weighted by Gasteiger charge is -2.23. The molecule has 1 aromatic carbocycles. The minimum atomic E-state index is 0.737. The minimum Gasteiger partial charge on any atom is -0.488 e. The predicted octanol–water partition coefficient (Wildman–Crippen LogP) is 3.29. The number of aromatic amines is 1. The molecule has 0 aliphatic heterocycles. The van der Waals surface area contributed by atoms with Crippen molar-refractivity contribution in [1.82, 2.24) is 4.98 Å². The van der Waals surface area contributed by atoms with E-state index < -0.39 is 0 Å². The summed E-state index contributed by atoms with van der Waals surface area (Å²) in [5.74, 6) is 0.937. The average Bonchev–Trinajstić information content (AvgIpc) is 2.69. The van der Waals surface area contributed by atoms with Crippen molar-refractivity contribution in [3.05, 3.63) is 36.0 Å². The van der Waals surface area contributed by atoms with Crippen LogP contribution in [0.3, 0.4) is 0 Å². The summed E-state index contributed by atoms with van der Waals surface area (Å²) in [5.41, 5.74) is 2.27. The molecule has 1 heterocycles. The van der Waals surface area contributed by atoms with E-state index in [-0.39, 0.29) is 0 Å². The van der Waals surface area contributed by atoms with E-state index in [4.69, 9.17) is 4.74 Å². The van der Waals surface area contributed by atoms with Crippen molar-refractivity contribution in [2.45, 2.75) is 6.92 Å². The Labute approximate surface area is 115 Å². The van der Waals surface area contributed by atoms with E-state index in [1.807, 2.05) is 19.1 Å². The van der Waals surface area contributed by atoms with Crippen LogP contribution in [-0.4, -0.2) is 43.8 Å². The second-order valence-electron chi connectivity index (χ2n) is 5.84. The van der Waals surface area contributed by atoms with Crippen LogP contribution in [0.2, 0.25) is 0 Å². The molecule has 0 unspecified atom stereocenters. The van der Waals surface area contributed by atoms with Crippen molar-refractivity contribution in [3.63, 3.8) is 0 Å². The molecule has 102 valence electrons. The number of quaternary nitrogens is 1. The zero-order valence-electron chi connectivity index (χ0n) is 12.2. The second kappa shape index (κ2) is 5.49. The minimum absolute atomic E-state index is 0.737. The highest BCUT2D eigenvalue weighted by Gasteiger charge is 2.07. The van der Waals surface area contributed by atoms with E-state index in [2.05, 4.69) is 50.4 Å². The largest absolute Gasteiger partial charge is 0.488 e. The number of H-pyrrole nitrogens is 1. The molecule has 0 aliphatic rings. The molecule has 2 rings (SSSR count). The summed E-state index contributed by atoms with van der Waals surface area (Å²) >= 11 is 0. The number of hydrogen-bond donors (Lipinski definition) is 1. The Morgan fingerprint density at radius 3 is 2.68 bits per heavy atom. The van der Waals surface area contributed by atoms with Crippen LogP contribution in [0.4, 0.5) is 0 Å². The Hall–Kier alpha value is -1.74. The fourth-order valence-electron chi connectivity index (χ4n) is 1.93. The van der Waals surface area contributed by atoms with E-state index in [0.717, 1.165) is 34.6 Å². The number of hydrogen-bond acceptors (Lipinski definition) is 1. The van der Waals surface area contributed by atoms with Crippen LogP contribution in [0.25, 0.3) is 17.0 Å². The van der Waals surface area contributed by atoms with E-state index in [1.54, 1.807) is 0 Å². The number of allylic oxidation sites excluding steroid dienone is 1. The van der Waals surface area contributed by atoms with Gasteiger partial charge in [0.05, 0.1) is 21.1 Å². The van der Waals surface area contributed by atoms with Gasteiger partial charge in [0, 0.05) is 16.6 Å². The number of fused-ring (bicyclic) bond motifs is 1. The Bertz CT molecular complexity index is 576. The van der Waals surface area contributed by atoms with E-state index in [0.29, 0.717) is 0 Å². The maximum Gasteiger partial charge on any atom is 0.137 e. The molecule has 1 aromatic heterocycles. The van der Waals surface area contributed by atoms with Crippen molar-refractivity contribution < 1.29 is 9.22 Å². The first-order valence-electron chi connectivity index (χ1n) is 6.67. The number of rotatable bonds is 5. The summed E-state index contributed by atoms with van der Waals surface area (Å²) in [5, 5.41) is 1.19. The highest BCUT2D eigenvalue weighted by Crippen LogP contribution is 2.22. The normalized spacial score (nSPS) is 12.4. The number of likely N-dealkylation sites (N-methyl/N-ethyl adjacent to an activating group) is 1. The molecular weight excluding hydrogens is 236 g/mol. The summed E-state index contributed by atoms with van der Waals surface area (Å²) < 4.78 is 6.73. The van der Waals surface area contributed by atoms with E-state index >= 15 is 0 Å². The lowest BCUT2D eigenvalue weighted by atomic mass is 10.2. The van der Waals surface area contributed by atoms with Gasteiger partial charge in [0.25, 0.3) is 0 Å². The first-order valence-corrected chi connectivity index (χ1v) is 6.67. The Morgan fingerprint density at radius 2 is 2.00 bits per heavy atom. The lowest BCUT2D eigenvalue weighted by molar-refractivity contribution is -0.870.